The average molecular weight is 186 g/mol. The van der Waals surface area contributed by atoms with Crippen LogP contribution in [0.4, 0.5) is 0 Å². The fraction of sp³-hybridized carbons (Fsp3) is 0. The summed E-state index contributed by atoms with van der Waals surface area (Å²) in [5, 5.41) is 2.06. The van der Waals surface area contributed by atoms with Crippen LogP contribution in [0.5, 0.6) is 0 Å². The fourth-order valence-electron chi connectivity index (χ4n) is 1.39. The zero-order valence-electron chi connectivity index (χ0n) is 6.77. The first kappa shape index (κ1) is 6.97. The highest BCUT2D eigenvalue weighted by Gasteiger charge is 2.17. The Bertz CT molecular complexity index is 461. The van der Waals surface area contributed by atoms with Gasteiger partial charge in [0.05, 0.1) is 22.0 Å². The molecule has 2 nitrogen and oxygen atoms in total. The molecule has 0 fully saturated rings. The Balaban J connectivity index is 2.07. The SMILES string of the molecule is C1=NC2=CC(c3cccs3)=NC2=C1. The summed E-state index contributed by atoms with van der Waals surface area (Å²) in [6.45, 7) is 0. The van der Waals surface area contributed by atoms with Gasteiger partial charge in [0.25, 0.3) is 0 Å². The molecule has 0 amide bonds. The van der Waals surface area contributed by atoms with E-state index in [1.165, 1.54) is 4.88 Å². The molecular formula is C10H6N2S. The van der Waals surface area contributed by atoms with Crippen molar-refractivity contribution in [1.29, 1.82) is 0 Å². The molecule has 2 aliphatic heterocycles. The molecule has 13 heavy (non-hydrogen) atoms. The van der Waals surface area contributed by atoms with Gasteiger partial charge in [-0.2, -0.15) is 0 Å². The Morgan fingerprint density at radius 1 is 1.23 bits per heavy atom. The summed E-state index contributed by atoms with van der Waals surface area (Å²) in [4.78, 5) is 9.86. The molecule has 0 saturated carbocycles. The largest absolute Gasteiger partial charge is 0.254 e. The summed E-state index contributed by atoms with van der Waals surface area (Å²) in [7, 11) is 0. The van der Waals surface area contributed by atoms with E-state index in [0.717, 1.165) is 17.1 Å². The van der Waals surface area contributed by atoms with Crippen LogP contribution in [0.15, 0.2) is 51.0 Å². The number of fused-ring (bicyclic) bond motifs is 1. The number of thiophene rings is 1. The zero-order valence-corrected chi connectivity index (χ0v) is 7.58. The maximum atomic E-state index is 4.46. The average Bonchev–Trinajstić information content (AvgIpc) is 2.78. The van der Waals surface area contributed by atoms with E-state index in [2.05, 4.69) is 21.4 Å². The summed E-state index contributed by atoms with van der Waals surface area (Å²) >= 11 is 1.70. The van der Waals surface area contributed by atoms with Gasteiger partial charge in [0.2, 0.25) is 0 Å². The highest BCUT2D eigenvalue weighted by atomic mass is 32.1. The van der Waals surface area contributed by atoms with Gasteiger partial charge in [-0.1, -0.05) is 6.07 Å². The van der Waals surface area contributed by atoms with Crippen molar-refractivity contribution in [2.45, 2.75) is 0 Å². The van der Waals surface area contributed by atoms with E-state index in [0.29, 0.717) is 0 Å². The van der Waals surface area contributed by atoms with Gasteiger partial charge in [-0.15, -0.1) is 11.3 Å². The lowest BCUT2D eigenvalue weighted by Gasteiger charge is -1.88. The van der Waals surface area contributed by atoms with Crippen LogP contribution < -0.4 is 0 Å². The molecule has 0 aliphatic carbocycles. The molecular weight excluding hydrogens is 180 g/mol. The number of allylic oxidation sites excluding steroid dienone is 2. The highest BCUT2D eigenvalue weighted by Crippen LogP contribution is 2.26. The first-order chi connectivity index (χ1) is 6.43. The standard InChI is InChI=1S/C10H6N2S/c1-2-10(13-5-1)9-6-8-7(12-9)3-4-11-8/h1-6H. The van der Waals surface area contributed by atoms with Gasteiger partial charge in [-0.3, -0.25) is 4.99 Å². The minimum Gasteiger partial charge on any atom is -0.254 e. The first-order valence-electron chi connectivity index (χ1n) is 4.02. The van der Waals surface area contributed by atoms with Crippen molar-refractivity contribution in [1.82, 2.24) is 0 Å². The van der Waals surface area contributed by atoms with Crippen LogP contribution in [-0.2, 0) is 0 Å². The molecule has 3 heteroatoms. The molecule has 0 saturated heterocycles. The van der Waals surface area contributed by atoms with Gasteiger partial charge in [-0.25, -0.2) is 4.99 Å². The zero-order chi connectivity index (χ0) is 8.67. The second-order valence-corrected chi connectivity index (χ2v) is 3.78. The lowest BCUT2D eigenvalue weighted by molar-refractivity contribution is 1.33. The van der Waals surface area contributed by atoms with Gasteiger partial charge in [0.15, 0.2) is 0 Å². The number of nitrogens with zero attached hydrogens (tertiary/aromatic N) is 2. The molecule has 0 aromatic carbocycles. The van der Waals surface area contributed by atoms with Crippen molar-refractivity contribution >= 4 is 23.3 Å². The second kappa shape index (κ2) is 2.50. The summed E-state index contributed by atoms with van der Waals surface area (Å²) in [6.07, 6.45) is 5.75. The van der Waals surface area contributed by atoms with Crippen molar-refractivity contribution < 1.29 is 0 Å². The van der Waals surface area contributed by atoms with Crippen molar-refractivity contribution in [2.24, 2.45) is 9.98 Å². The summed E-state index contributed by atoms with van der Waals surface area (Å²) in [6, 6.07) is 4.11. The van der Waals surface area contributed by atoms with E-state index >= 15 is 0 Å². The topological polar surface area (TPSA) is 24.7 Å². The van der Waals surface area contributed by atoms with E-state index < -0.39 is 0 Å². The Kier molecular flexibility index (Phi) is 1.34. The van der Waals surface area contributed by atoms with Gasteiger partial charge in [0.1, 0.15) is 0 Å². The number of hydrogen-bond acceptors (Lipinski definition) is 3. The van der Waals surface area contributed by atoms with Crippen LogP contribution in [0.25, 0.3) is 0 Å². The molecule has 0 unspecified atom stereocenters. The Morgan fingerprint density at radius 2 is 2.23 bits per heavy atom. The Hall–Kier alpha value is -1.48. The predicted molar refractivity (Wildman–Crippen MR) is 55.5 cm³/mol. The lowest BCUT2D eigenvalue weighted by atomic mass is 10.3. The quantitative estimate of drug-likeness (QED) is 0.643. The van der Waals surface area contributed by atoms with E-state index in [4.69, 9.17) is 0 Å². The van der Waals surface area contributed by atoms with Crippen LogP contribution in [0, 0.1) is 0 Å². The van der Waals surface area contributed by atoms with E-state index in [-0.39, 0.29) is 0 Å². The molecule has 3 rings (SSSR count). The van der Waals surface area contributed by atoms with E-state index in [1.807, 2.05) is 18.2 Å². The molecule has 0 atom stereocenters. The molecule has 3 heterocycles. The molecule has 1 aromatic rings. The summed E-state index contributed by atoms with van der Waals surface area (Å²) < 4.78 is 0. The maximum absolute atomic E-state index is 4.46. The molecule has 0 N–H and O–H groups in total. The highest BCUT2D eigenvalue weighted by molar-refractivity contribution is 7.12. The molecule has 0 radical (unpaired) electrons. The normalized spacial score (nSPS) is 18.3. The third-order valence-electron chi connectivity index (χ3n) is 2.00. The Morgan fingerprint density at radius 3 is 3.00 bits per heavy atom. The van der Waals surface area contributed by atoms with Gasteiger partial charge >= 0.3 is 0 Å². The Labute approximate surface area is 79.7 Å². The fourth-order valence-corrected chi connectivity index (χ4v) is 2.07. The molecule has 2 aliphatic rings. The molecule has 62 valence electrons. The second-order valence-electron chi connectivity index (χ2n) is 2.83. The van der Waals surface area contributed by atoms with Crippen LogP contribution >= 0.6 is 11.3 Å². The van der Waals surface area contributed by atoms with Crippen LogP contribution in [0.2, 0.25) is 0 Å². The monoisotopic (exact) mass is 186 g/mol. The van der Waals surface area contributed by atoms with Crippen molar-refractivity contribution in [3.8, 4) is 0 Å². The predicted octanol–water partition coefficient (Wildman–Crippen LogP) is 2.40. The lowest BCUT2D eigenvalue weighted by Crippen LogP contribution is -1.87. The maximum Gasteiger partial charge on any atom is 0.0910 e. The van der Waals surface area contributed by atoms with E-state index in [1.54, 1.807) is 17.6 Å². The van der Waals surface area contributed by atoms with Crippen LogP contribution in [0.1, 0.15) is 4.88 Å². The smallest absolute Gasteiger partial charge is 0.0910 e. The first-order valence-corrected chi connectivity index (χ1v) is 4.90. The number of rotatable bonds is 1. The number of aliphatic imine (C=N–C) groups is 2. The third-order valence-corrected chi connectivity index (χ3v) is 2.89. The van der Waals surface area contributed by atoms with Crippen molar-refractivity contribution in [3.05, 3.63) is 45.9 Å². The van der Waals surface area contributed by atoms with Crippen molar-refractivity contribution in [3.63, 3.8) is 0 Å². The van der Waals surface area contributed by atoms with Crippen LogP contribution in [-0.4, -0.2) is 11.9 Å². The summed E-state index contributed by atoms with van der Waals surface area (Å²) in [5.74, 6) is 0. The van der Waals surface area contributed by atoms with Gasteiger partial charge < -0.3 is 0 Å². The van der Waals surface area contributed by atoms with E-state index in [9.17, 15) is 0 Å². The number of hydrogen-bond donors (Lipinski definition) is 0. The van der Waals surface area contributed by atoms with Crippen molar-refractivity contribution in [2.75, 3.05) is 0 Å². The molecule has 0 spiro atoms. The third kappa shape index (κ3) is 1.01. The summed E-state index contributed by atoms with van der Waals surface area (Å²) in [5.41, 5.74) is 3.01. The minimum atomic E-state index is 0.989. The molecule has 0 bridgehead atoms. The minimum absolute atomic E-state index is 0.989. The van der Waals surface area contributed by atoms with Crippen LogP contribution in [0.3, 0.4) is 0 Å². The molecule has 1 aromatic heterocycles. The van der Waals surface area contributed by atoms with Gasteiger partial charge in [-0.05, 0) is 23.6 Å². The van der Waals surface area contributed by atoms with Gasteiger partial charge in [0, 0.05) is 6.21 Å².